The molecule has 0 aromatic carbocycles. The minimum absolute atomic E-state index is 0.176. The van der Waals surface area contributed by atoms with E-state index in [4.69, 9.17) is 5.11 Å². The lowest BCUT2D eigenvalue weighted by molar-refractivity contribution is -0.132. The molecule has 0 saturated carbocycles. The molecule has 56 valence electrons. The molecule has 0 aromatic rings. The first-order valence-electron chi connectivity index (χ1n) is 3.08. The summed E-state index contributed by atoms with van der Waals surface area (Å²) in [5.74, 6) is 0.680. The zero-order chi connectivity index (χ0) is 8.27. The number of carbonyl (C=O) groups is 1. The highest BCUT2D eigenvalue weighted by atomic mass is 16.4. The van der Waals surface area contributed by atoms with Gasteiger partial charge in [0.15, 0.2) is 0 Å². The summed E-state index contributed by atoms with van der Waals surface area (Å²) in [4.78, 5) is 20.5. The van der Waals surface area contributed by atoms with E-state index >= 15 is 0 Å². The highest BCUT2D eigenvalue weighted by Crippen LogP contribution is 2.14. The second kappa shape index (κ2) is 2.99. The largest absolute Gasteiger partial charge is 0.478 e. The second-order valence-electron chi connectivity index (χ2n) is 2.16. The van der Waals surface area contributed by atoms with Crippen LogP contribution in [0, 0.1) is 0 Å². The number of carboxylic acid groups (broad SMARTS) is 1. The predicted molar refractivity (Wildman–Crippen MR) is 38.7 cm³/mol. The van der Waals surface area contributed by atoms with Crippen molar-refractivity contribution in [1.29, 1.82) is 0 Å². The summed E-state index contributed by atoms with van der Waals surface area (Å²) >= 11 is 0. The first kappa shape index (κ1) is 7.51. The van der Waals surface area contributed by atoms with Gasteiger partial charge in [0.25, 0.3) is 0 Å². The van der Waals surface area contributed by atoms with Crippen molar-refractivity contribution in [2.45, 2.75) is 6.42 Å². The second-order valence-corrected chi connectivity index (χ2v) is 2.16. The number of carbonyl (C=O) groups excluding carboxylic acids is 1. The van der Waals surface area contributed by atoms with E-state index in [2.05, 4.69) is 0 Å². The fraction of sp³-hybridized carbons (Fsp3) is 0.125. The highest BCUT2D eigenvalue weighted by Gasteiger charge is 2.10. The molecular formula is C8H6O3. The molecule has 0 amide bonds. The zero-order valence-electron chi connectivity index (χ0n) is 5.70. The number of carboxylic acids is 1. The van der Waals surface area contributed by atoms with Gasteiger partial charge in [0.1, 0.15) is 5.94 Å². The van der Waals surface area contributed by atoms with E-state index in [-0.39, 0.29) is 12.0 Å². The molecule has 0 radical (unpaired) electrons. The van der Waals surface area contributed by atoms with Gasteiger partial charge in [-0.2, -0.15) is 0 Å². The molecule has 0 heterocycles. The van der Waals surface area contributed by atoms with Gasteiger partial charge >= 0.3 is 5.97 Å². The highest BCUT2D eigenvalue weighted by molar-refractivity contribution is 5.89. The third-order valence-corrected chi connectivity index (χ3v) is 1.38. The molecule has 1 rings (SSSR count). The molecule has 3 heteroatoms. The van der Waals surface area contributed by atoms with Crippen LogP contribution in [0.1, 0.15) is 6.42 Å². The lowest BCUT2D eigenvalue weighted by Gasteiger charge is -2.02. The van der Waals surface area contributed by atoms with Crippen molar-refractivity contribution in [2.75, 3.05) is 0 Å². The van der Waals surface area contributed by atoms with E-state index in [0.717, 1.165) is 0 Å². The van der Waals surface area contributed by atoms with Crippen LogP contribution in [0.3, 0.4) is 0 Å². The minimum atomic E-state index is -0.984. The summed E-state index contributed by atoms with van der Waals surface area (Å²) in [6.45, 7) is 0. The Morgan fingerprint density at radius 1 is 1.64 bits per heavy atom. The van der Waals surface area contributed by atoms with E-state index < -0.39 is 5.97 Å². The van der Waals surface area contributed by atoms with Gasteiger partial charge in [-0.05, 0) is 6.08 Å². The number of allylic oxidation sites excluding steroid dienone is 4. The maximum Gasteiger partial charge on any atom is 0.331 e. The van der Waals surface area contributed by atoms with Gasteiger partial charge in [0, 0.05) is 17.6 Å². The first-order chi connectivity index (χ1) is 5.24. The topological polar surface area (TPSA) is 54.4 Å². The lowest BCUT2D eigenvalue weighted by Crippen LogP contribution is -2.03. The van der Waals surface area contributed by atoms with Crippen molar-refractivity contribution in [3.05, 3.63) is 29.4 Å². The summed E-state index contributed by atoms with van der Waals surface area (Å²) in [5, 5.41) is 8.51. The number of hydrogen-bond donors (Lipinski definition) is 1. The Morgan fingerprint density at radius 2 is 2.36 bits per heavy atom. The average molecular weight is 150 g/mol. The van der Waals surface area contributed by atoms with Crippen LogP contribution in [-0.4, -0.2) is 17.0 Å². The fourth-order valence-corrected chi connectivity index (χ4v) is 0.820. The molecule has 3 nitrogen and oxygen atoms in total. The number of rotatable bonds is 1. The van der Waals surface area contributed by atoms with E-state index in [1.54, 1.807) is 12.0 Å². The van der Waals surface area contributed by atoms with Gasteiger partial charge in [-0.1, -0.05) is 12.2 Å². The molecule has 0 unspecified atom stereocenters. The van der Waals surface area contributed by atoms with Crippen molar-refractivity contribution < 1.29 is 14.7 Å². The van der Waals surface area contributed by atoms with Crippen LogP contribution in [0.4, 0.5) is 0 Å². The fourth-order valence-electron chi connectivity index (χ4n) is 0.820. The van der Waals surface area contributed by atoms with Gasteiger partial charge in [-0.25, -0.2) is 9.59 Å². The summed E-state index contributed by atoms with van der Waals surface area (Å²) < 4.78 is 0. The van der Waals surface area contributed by atoms with Gasteiger partial charge in [0.05, 0.1) is 0 Å². The zero-order valence-corrected chi connectivity index (χ0v) is 5.70. The maximum atomic E-state index is 10.4. The summed E-state index contributed by atoms with van der Waals surface area (Å²) in [5.41, 5.74) is 0.607. The third-order valence-electron chi connectivity index (χ3n) is 1.38. The van der Waals surface area contributed by atoms with E-state index in [0.29, 0.717) is 5.57 Å². The van der Waals surface area contributed by atoms with Crippen molar-refractivity contribution in [2.24, 2.45) is 0 Å². The molecule has 1 N–H and O–H groups in total. The van der Waals surface area contributed by atoms with Gasteiger partial charge < -0.3 is 5.11 Å². The maximum absolute atomic E-state index is 10.4. The number of aliphatic carboxylic acids is 1. The summed E-state index contributed by atoms with van der Waals surface area (Å²) in [6.07, 6.45) is 4.74. The number of hydrogen-bond acceptors (Lipinski definition) is 2. The van der Waals surface area contributed by atoms with Crippen molar-refractivity contribution in [3.63, 3.8) is 0 Å². The van der Waals surface area contributed by atoms with Crippen LogP contribution < -0.4 is 0 Å². The van der Waals surface area contributed by atoms with Crippen molar-refractivity contribution in [3.8, 4) is 0 Å². The first-order valence-corrected chi connectivity index (χ1v) is 3.08. The Labute approximate surface area is 63.3 Å². The third kappa shape index (κ3) is 1.66. The van der Waals surface area contributed by atoms with E-state index in [1.807, 2.05) is 0 Å². The van der Waals surface area contributed by atoms with Crippen molar-refractivity contribution >= 4 is 11.9 Å². The standard InChI is InChI=1S/C8H6O3/c9-5-6-2-1-3-7(4-6)8(10)11/h1-3H,4H2,(H,10,11). The van der Waals surface area contributed by atoms with Gasteiger partial charge in [-0.15, -0.1) is 0 Å². The SMILES string of the molecule is O=C=C1C=CC=C(C(=O)O)C1. The normalized spacial score (nSPS) is 15.6. The summed E-state index contributed by atoms with van der Waals surface area (Å²) in [6, 6.07) is 0. The molecular weight excluding hydrogens is 144 g/mol. The minimum Gasteiger partial charge on any atom is -0.478 e. The molecule has 0 bridgehead atoms. The molecule has 0 aromatic heterocycles. The molecule has 0 saturated heterocycles. The van der Waals surface area contributed by atoms with Gasteiger partial charge in [-0.3, -0.25) is 0 Å². The average Bonchev–Trinajstić information content (AvgIpc) is 2.05. The van der Waals surface area contributed by atoms with Crippen LogP contribution >= 0.6 is 0 Å². The molecule has 11 heavy (non-hydrogen) atoms. The Balaban J connectivity index is 2.89. The smallest absolute Gasteiger partial charge is 0.331 e. The van der Waals surface area contributed by atoms with Crippen molar-refractivity contribution in [1.82, 2.24) is 0 Å². The molecule has 1 aliphatic carbocycles. The Kier molecular flexibility index (Phi) is 2.04. The monoisotopic (exact) mass is 150 g/mol. The van der Waals surface area contributed by atoms with Crippen LogP contribution in [0.15, 0.2) is 29.4 Å². The molecule has 1 aliphatic rings. The van der Waals surface area contributed by atoms with Crippen LogP contribution in [0.25, 0.3) is 0 Å². The molecule has 0 spiro atoms. The summed E-state index contributed by atoms with van der Waals surface area (Å²) in [7, 11) is 0. The Bertz CT molecular complexity index is 290. The van der Waals surface area contributed by atoms with Crippen LogP contribution in [0.5, 0.6) is 0 Å². The van der Waals surface area contributed by atoms with E-state index in [9.17, 15) is 9.59 Å². The van der Waals surface area contributed by atoms with Crippen LogP contribution in [0.2, 0.25) is 0 Å². The van der Waals surface area contributed by atoms with Crippen LogP contribution in [-0.2, 0) is 9.59 Å². The molecule has 0 atom stereocenters. The van der Waals surface area contributed by atoms with E-state index in [1.165, 1.54) is 12.2 Å². The lowest BCUT2D eigenvalue weighted by atomic mass is 10.0. The predicted octanol–water partition coefficient (Wildman–Crippen LogP) is 0.715. The molecule has 0 fully saturated rings. The quantitative estimate of drug-likeness (QED) is 0.560. The Hall–Kier alpha value is -1.60. The molecule has 0 aliphatic heterocycles. The Morgan fingerprint density at radius 3 is 2.91 bits per heavy atom. The van der Waals surface area contributed by atoms with Gasteiger partial charge in [0.2, 0.25) is 0 Å².